The van der Waals surface area contributed by atoms with Gasteiger partial charge in [0.15, 0.2) is 5.65 Å². The molecule has 1 aliphatic rings. The van der Waals surface area contributed by atoms with Gasteiger partial charge in [0.05, 0.1) is 5.69 Å². The van der Waals surface area contributed by atoms with Crippen LogP contribution >= 0.6 is 11.8 Å². The molecule has 0 unspecified atom stereocenters. The normalized spacial score (nSPS) is 17.4. The summed E-state index contributed by atoms with van der Waals surface area (Å²) in [6.07, 6.45) is 2.56. The lowest BCUT2D eigenvalue weighted by atomic mass is 10.0. The van der Waals surface area contributed by atoms with Gasteiger partial charge in [-0.3, -0.25) is 4.57 Å². The fourth-order valence-corrected chi connectivity index (χ4v) is 4.03. The number of aryl methyl sites for hydroxylation is 2. The third kappa shape index (κ3) is 2.22. The van der Waals surface area contributed by atoms with Crippen LogP contribution in [0, 0.1) is 12.8 Å². The van der Waals surface area contributed by atoms with E-state index in [1.165, 1.54) is 24.3 Å². The SMILES string of the molecule is CCn1nc(C)c2nc(N)n(CC3CCSCC3)c21. The topological polar surface area (TPSA) is 61.7 Å². The number of nitrogens with two attached hydrogens (primary N) is 1. The van der Waals surface area contributed by atoms with E-state index in [4.69, 9.17) is 5.73 Å². The Kier molecular flexibility index (Phi) is 3.43. The van der Waals surface area contributed by atoms with Crippen LogP contribution in [0.25, 0.3) is 11.2 Å². The second kappa shape index (κ2) is 5.07. The van der Waals surface area contributed by atoms with E-state index in [0.717, 1.165) is 35.9 Å². The van der Waals surface area contributed by atoms with Crippen molar-refractivity contribution in [2.24, 2.45) is 5.92 Å². The third-order valence-electron chi connectivity index (χ3n) is 3.91. The minimum Gasteiger partial charge on any atom is -0.369 e. The first-order valence-electron chi connectivity index (χ1n) is 6.97. The van der Waals surface area contributed by atoms with E-state index in [1.807, 2.05) is 11.6 Å². The molecule has 1 saturated heterocycles. The lowest BCUT2D eigenvalue weighted by molar-refractivity contribution is 0.421. The fourth-order valence-electron chi connectivity index (χ4n) is 2.83. The smallest absolute Gasteiger partial charge is 0.202 e. The lowest BCUT2D eigenvalue weighted by Gasteiger charge is -2.22. The summed E-state index contributed by atoms with van der Waals surface area (Å²) in [5, 5.41) is 4.54. The van der Waals surface area contributed by atoms with Crippen LogP contribution in [0.2, 0.25) is 0 Å². The number of hydrogen-bond donors (Lipinski definition) is 1. The van der Waals surface area contributed by atoms with Crippen molar-refractivity contribution in [3.05, 3.63) is 5.69 Å². The minimum atomic E-state index is 0.635. The van der Waals surface area contributed by atoms with Crippen molar-refractivity contribution in [1.29, 1.82) is 0 Å². The highest BCUT2D eigenvalue weighted by Crippen LogP contribution is 2.28. The maximum absolute atomic E-state index is 6.11. The quantitative estimate of drug-likeness (QED) is 0.936. The van der Waals surface area contributed by atoms with E-state index in [1.54, 1.807) is 0 Å². The Bertz CT molecular complexity index is 579. The molecule has 0 atom stereocenters. The van der Waals surface area contributed by atoms with Gasteiger partial charge >= 0.3 is 0 Å². The number of aromatic nitrogens is 4. The zero-order valence-corrected chi connectivity index (χ0v) is 12.4. The highest BCUT2D eigenvalue weighted by molar-refractivity contribution is 7.99. The predicted molar refractivity (Wildman–Crippen MR) is 80.4 cm³/mol. The predicted octanol–water partition coefficient (Wildman–Crippen LogP) is 2.29. The molecule has 1 aliphatic heterocycles. The Morgan fingerprint density at radius 3 is 2.79 bits per heavy atom. The van der Waals surface area contributed by atoms with Gasteiger partial charge in [-0.05, 0) is 44.1 Å². The molecule has 2 aromatic rings. The highest BCUT2D eigenvalue weighted by Gasteiger charge is 2.21. The van der Waals surface area contributed by atoms with Crippen molar-refractivity contribution in [3.8, 4) is 0 Å². The van der Waals surface area contributed by atoms with E-state index >= 15 is 0 Å². The molecule has 2 aromatic heterocycles. The summed E-state index contributed by atoms with van der Waals surface area (Å²) in [6.45, 7) is 5.95. The zero-order chi connectivity index (χ0) is 13.4. The fraction of sp³-hybridized carbons (Fsp3) is 0.692. The summed E-state index contributed by atoms with van der Waals surface area (Å²) in [7, 11) is 0. The molecule has 3 heterocycles. The molecule has 2 N–H and O–H groups in total. The van der Waals surface area contributed by atoms with Crippen molar-refractivity contribution in [2.45, 2.75) is 39.8 Å². The maximum Gasteiger partial charge on any atom is 0.202 e. The Balaban J connectivity index is 1.99. The average molecular weight is 279 g/mol. The number of rotatable bonds is 3. The van der Waals surface area contributed by atoms with Crippen LogP contribution in [-0.4, -0.2) is 30.8 Å². The van der Waals surface area contributed by atoms with Crippen molar-refractivity contribution in [3.63, 3.8) is 0 Å². The minimum absolute atomic E-state index is 0.635. The summed E-state index contributed by atoms with van der Waals surface area (Å²) in [5.74, 6) is 3.90. The van der Waals surface area contributed by atoms with Crippen LogP contribution in [0.5, 0.6) is 0 Å². The molecule has 0 saturated carbocycles. The molecule has 19 heavy (non-hydrogen) atoms. The van der Waals surface area contributed by atoms with Crippen LogP contribution < -0.4 is 5.73 Å². The second-order valence-corrected chi connectivity index (χ2v) is 6.43. The first-order valence-corrected chi connectivity index (χ1v) is 8.13. The van der Waals surface area contributed by atoms with Gasteiger partial charge in [-0.1, -0.05) is 0 Å². The van der Waals surface area contributed by atoms with E-state index in [9.17, 15) is 0 Å². The second-order valence-electron chi connectivity index (χ2n) is 5.21. The molecular weight excluding hydrogens is 258 g/mol. The number of thioether (sulfide) groups is 1. The molecule has 0 amide bonds. The van der Waals surface area contributed by atoms with Gasteiger partial charge in [-0.15, -0.1) is 0 Å². The summed E-state index contributed by atoms with van der Waals surface area (Å²) in [4.78, 5) is 4.50. The maximum atomic E-state index is 6.11. The van der Waals surface area contributed by atoms with Crippen molar-refractivity contribution in [1.82, 2.24) is 19.3 Å². The molecule has 5 nitrogen and oxygen atoms in total. The number of fused-ring (bicyclic) bond motifs is 1. The molecule has 104 valence electrons. The Hall–Kier alpha value is -1.17. The first-order chi connectivity index (χ1) is 9.20. The summed E-state index contributed by atoms with van der Waals surface area (Å²) in [5.41, 5.74) is 9.14. The van der Waals surface area contributed by atoms with Crippen LogP contribution in [-0.2, 0) is 13.1 Å². The molecule has 1 fully saturated rings. The van der Waals surface area contributed by atoms with E-state index < -0.39 is 0 Å². The van der Waals surface area contributed by atoms with Gasteiger partial charge in [-0.25, -0.2) is 9.67 Å². The molecule has 6 heteroatoms. The molecule has 0 spiro atoms. The largest absolute Gasteiger partial charge is 0.369 e. The monoisotopic (exact) mass is 279 g/mol. The summed E-state index contributed by atoms with van der Waals surface area (Å²) < 4.78 is 4.19. The van der Waals surface area contributed by atoms with Crippen LogP contribution in [0.15, 0.2) is 0 Å². The van der Waals surface area contributed by atoms with Crippen LogP contribution in [0.3, 0.4) is 0 Å². The first kappa shape index (κ1) is 12.8. The van der Waals surface area contributed by atoms with E-state index in [-0.39, 0.29) is 0 Å². The average Bonchev–Trinajstić information content (AvgIpc) is 2.90. The number of imidazole rings is 1. The van der Waals surface area contributed by atoms with Crippen molar-refractivity contribution >= 4 is 28.9 Å². The molecule has 0 bridgehead atoms. The Morgan fingerprint density at radius 1 is 1.37 bits per heavy atom. The Labute approximate surface area is 117 Å². The number of nitrogens with zero attached hydrogens (tertiary/aromatic N) is 4. The van der Waals surface area contributed by atoms with Gasteiger partial charge in [0.25, 0.3) is 0 Å². The van der Waals surface area contributed by atoms with Crippen molar-refractivity contribution in [2.75, 3.05) is 17.2 Å². The Morgan fingerprint density at radius 2 is 2.11 bits per heavy atom. The molecular formula is C13H21N5S. The molecule has 0 aliphatic carbocycles. The van der Waals surface area contributed by atoms with Crippen molar-refractivity contribution < 1.29 is 0 Å². The summed E-state index contributed by atoms with van der Waals surface area (Å²) in [6, 6.07) is 0. The van der Waals surface area contributed by atoms with Gasteiger partial charge < -0.3 is 5.73 Å². The molecule has 3 rings (SSSR count). The van der Waals surface area contributed by atoms with Gasteiger partial charge in [0.1, 0.15) is 5.52 Å². The number of anilines is 1. The third-order valence-corrected chi connectivity index (χ3v) is 4.96. The molecule has 0 aromatic carbocycles. The van der Waals surface area contributed by atoms with Gasteiger partial charge in [0.2, 0.25) is 5.95 Å². The summed E-state index contributed by atoms with van der Waals surface area (Å²) >= 11 is 2.06. The van der Waals surface area contributed by atoms with E-state index in [2.05, 4.69) is 33.3 Å². The zero-order valence-electron chi connectivity index (χ0n) is 11.6. The van der Waals surface area contributed by atoms with Gasteiger partial charge in [0, 0.05) is 13.1 Å². The van der Waals surface area contributed by atoms with Crippen LogP contribution in [0.4, 0.5) is 5.95 Å². The molecule has 0 radical (unpaired) electrons. The highest BCUT2D eigenvalue weighted by atomic mass is 32.2. The number of nitrogen functional groups attached to an aromatic ring is 1. The van der Waals surface area contributed by atoms with E-state index in [0.29, 0.717) is 5.95 Å². The standard InChI is InChI=1S/C13H21N5S/c1-3-18-12-11(9(2)16-18)15-13(14)17(12)8-10-4-6-19-7-5-10/h10H,3-8H2,1-2H3,(H2,14,15). The van der Waals surface area contributed by atoms with Crippen LogP contribution in [0.1, 0.15) is 25.5 Å². The van der Waals surface area contributed by atoms with Gasteiger partial charge in [-0.2, -0.15) is 16.9 Å². The number of hydrogen-bond acceptors (Lipinski definition) is 4. The lowest BCUT2D eigenvalue weighted by Crippen LogP contribution is -2.18.